The van der Waals surface area contributed by atoms with Crippen molar-refractivity contribution in [3.8, 4) is 5.75 Å². The summed E-state index contributed by atoms with van der Waals surface area (Å²) in [5, 5.41) is 0. The molecule has 0 unspecified atom stereocenters. The fourth-order valence-corrected chi connectivity index (χ4v) is 1.46. The highest BCUT2D eigenvalue weighted by Crippen LogP contribution is 2.21. The van der Waals surface area contributed by atoms with Crippen LogP contribution in [-0.4, -0.2) is 25.5 Å². The van der Waals surface area contributed by atoms with Crippen molar-refractivity contribution in [2.24, 2.45) is 0 Å². The minimum absolute atomic E-state index is 0.0219. The Morgan fingerprint density at radius 2 is 2.00 bits per heavy atom. The van der Waals surface area contributed by atoms with E-state index in [4.69, 9.17) is 9.47 Å². The molecule has 0 heterocycles. The maximum Gasteiger partial charge on any atom is 0.342 e. The highest BCUT2D eigenvalue weighted by atomic mass is 16.5. The summed E-state index contributed by atoms with van der Waals surface area (Å²) in [5.74, 6) is -0.448. The Hall–Kier alpha value is -2.36. The molecule has 4 heteroatoms. The van der Waals surface area contributed by atoms with Crippen molar-refractivity contribution >= 4 is 17.8 Å². The van der Waals surface area contributed by atoms with Gasteiger partial charge in [0.25, 0.3) is 0 Å². The molecule has 0 saturated heterocycles. The first kappa shape index (κ1) is 14.7. The van der Waals surface area contributed by atoms with Gasteiger partial charge in [0.05, 0.1) is 7.11 Å². The predicted molar refractivity (Wildman–Crippen MR) is 72.8 cm³/mol. The number of benzene rings is 1. The molecule has 1 rings (SSSR count). The molecule has 0 aliphatic rings. The van der Waals surface area contributed by atoms with Crippen molar-refractivity contribution in [3.63, 3.8) is 0 Å². The second-order valence-electron chi connectivity index (χ2n) is 3.74. The van der Waals surface area contributed by atoms with Crippen molar-refractivity contribution in [3.05, 3.63) is 48.1 Å². The Bertz CT molecular complexity index is 515. The van der Waals surface area contributed by atoms with Crippen LogP contribution in [0.2, 0.25) is 0 Å². The monoisotopic (exact) mass is 260 g/mol. The SMILES string of the molecule is C=CCOC(=O)/C(=C\c1ccccc1OC)C(C)=O. The van der Waals surface area contributed by atoms with Gasteiger partial charge in [0.2, 0.25) is 0 Å². The smallest absolute Gasteiger partial charge is 0.342 e. The number of esters is 1. The minimum atomic E-state index is -0.668. The van der Waals surface area contributed by atoms with Crippen molar-refractivity contribution in [2.45, 2.75) is 6.92 Å². The lowest BCUT2D eigenvalue weighted by molar-refractivity contribution is -0.139. The fourth-order valence-electron chi connectivity index (χ4n) is 1.46. The van der Waals surface area contributed by atoms with E-state index in [1.54, 1.807) is 24.3 Å². The Kier molecular flexibility index (Phi) is 5.54. The largest absolute Gasteiger partial charge is 0.496 e. The van der Waals surface area contributed by atoms with Crippen LogP contribution in [0.25, 0.3) is 6.08 Å². The lowest BCUT2D eigenvalue weighted by Gasteiger charge is -2.07. The molecule has 0 saturated carbocycles. The van der Waals surface area contributed by atoms with Crippen LogP contribution in [0.3, 0.4) is 0 Å². The molecule has 0 radical (unpaired) electrons. The van der Waals surface area contributed by atoms with Gasteiger partial charge in [0.1, 0.15) is 17.9 Å². The van der Waals surface area contributed by atoms with E-state index in [9.17, 15) is 9.59 Å². The first-order chi connectivity index (χ1) is 9.10. The number of methoxy groups -OCH3 is 1. The molecule has 0 fully saturated rings. The Morgan fingerprint density at radius 3 is 2.58 bits per heavy atom. The van der Waals surface area contributed by atoms with Gasteiger partial charge in [-0.25, -0.2) is 4.79 Å². The third kappa shape index (κ3) is 4.10. The van der Waals surface area contributed by atoms with Gasteiger partial charge in [0.15, 0.2) is 5.78 Å². The van der Waals surface area contributed by atoms with E-state index >= 15 is 0 Å². The molecule has 0 amide bonds. The van der Waals surface area contributed by atoms with Gasteiger partial charge in [-0.2, -0.15) is 0 Å². The second kappa shape index (κ2) is 7.16. The van der Waals surface area contributed by atoms with Gasteiger partial charge in [-0.1, -0.05) is 30.9 Å². The van der Waals surface area contributed by atoms with Gasteiger partial charge in [-0.15, -0.1) is 0 Å². The zero-order chi connectivity index (χ0) is 14.3. The third-order valence-electron chi connectivity index (χ3n) is 2.37. The van der Waals surface area contributed by atoms with Crippen molar-refractivity contribution in [1.29, 1.82) is 0 Å². The fraction of sp³-hybridized carbons (Fsp3) is 0.200. The maximum absolute atomic E-state index is 11.7. The van der Waals surface area contributed by atoms with Crippen LogP contribution in [0.4, 0.5) is 0 Å². The number of para-hydroxylation sites is 1. The lowest BCUT2D eigenvalue weighted by atomic mass is 10.1. The standard InChI is InChI=1S/C15H16O4/c1-4-9-19-15(17)13(11(2)16)10-12-7-5-6-8-14(12)18-3/h4-8,10H,1,9H2,2-3H3/b13-10-. The number of carbonyl (C=O) groups is 2. The molecule has 0 spiro atoms. The second-order valence-corrected chi connectivity index (χ2v) is 3.74. The van der Waals surface area contributed by atoms with Crippen LogP contribution in [0, 0.1) is 0 Å². The highest BCUT2D eigenvalue weighted by Gasteiger charge is 2.16. The molecule has 19 heavy (non-hydrogen) atoms. The van der Waals surface area contributed by atoms with Gasteiger partial charge < -0.3 is 9.47 Å². The number of hydrogen-bond acceptors (Lipinski definition) is 4. The molecule has 0 atom stereocenters. The van der Waals surface area contributed by atoms with Crippen molar-refractivity contribution in [2.75, 3.05) is 13.7 Å². The molecular weight excluding hydrogens is 244 g/mol. The summed E-state index contributed by atoms with van der Waals surface area (Å²) in [5.41, 5.74) is 0.622. The van der Waals surface area contributed by atoms with E-state index in [1.165, 1.54) is 26.2 Å². The summed E-state index contributed by atoms with van der Waals surface area (Å²) >= 11 is 0. The summed E-state index contributed by atoms with van der Waals surface area (Å²) in [6, 6.07) is 7.10. The van der Waals surface area contributed by atoms with Gasteiger partial charge in [-0.05, 0) is 19.1 Å². The van der Waals surface area contributed by atoms with E-state index in [-0.39, 0.29) is 18.0 Å². The first-order valence-electron chi connectivity index (χ1n) is 5.73. The molecule has 0 bridgehead atoms. The van der Waals surface area contributed by atoms with E-state index in [1.807, 2.05) is 0 Å². The minimum Gasteiger partial charge on any atom is -0.496 e. The van der Waals surface area contributed by atoms with Crippen molar-refractivity contribution < 1.29 is 19.1 Å². The topological polar surface area (TPSA) is 52.6 Å². The quantitative estimate of drug-likeness (QED) is 0.259. The van der Waals surface area contributed by atoms with E-state index in [0.29, 0.717) is 11.3 Å². The van der Waals surface area contributed by atoms with E-state index in [0.717, 1.165) is 0 Å². The molecule has 0 aliphatic carbocycles. The number of Topliss-reactive ketones (excluding diaryl/α,β-unsaturated/α-hetero) is 1. The van der Waals surface area contributed by atoms with Crippen LogP contribution in [-0.2, 0) is 14.3 Å². The number of hydrogen-bond donors (Lipinski definition) is 0. The molecular formula is C15H16O4. The zero-order valence-electron chi connectivity index (χ0n) is 11.0. The van der Waals surface area contributed by atoms with Gasteiger partial charge in [-0.3, -0.25) is 4.79 Å². The van der Waals surface area contributed by atoms with Crippen LogP contribution in [0.15, 0.2) is 42.5 Å². The van der Waals surface area contributed by atoms with Crippen LogP contribution in [0.1, 0.15) is 12.5 Å². The predicted octanol–water partition coefficient (Wildman–Crippen LogP) is 2.40. The summed E-state index contributed by atoms with van der Waals surface area (Å²) in [7, 11) is 1.52. The van der Waals surface area contributed by atoms with Crippen LogP contribution >= 0.6 is 0 Å². The Morgan fingerprint density at radius 1 is 1.32 bits per heavy atom. The molecule has 0 aliphatic heterocycles. The van der Waals surface area contributed by atoms with E-state index in [2.05, 4.69) is 6.58 Å². The Labute approximate surface area is 112 Å². The average Bonchev–Trinajstić information content (AvgIpc) is 2.42. The van der Waals surface area contributed by atoms with Gasteiger partial charge >= 0.3 is 5.97 Å². The molecule has 0 aromatic heterocycles. The molecule has 1 aromatic carbocycles. The number of ether oxygens (including phenoxy) is 2. The average molecular weight is 260 g/mol. The lowest BCUT2D eigenvalue weighted by Crippen LogP contribution is -2.13. The van der Waals surface area contributed by atoms with Crippen LogP contribution < -0.4 is 4.74 Å². The normalized spacial score (nSPS) is 10.7. The molecule has 0 N–H and O–H groups in total. The third-order valence-corrected chi connectivity index (χ3v) is 2.37. The highest BCUT2D eigenvalue weighted by molar-refractivity contribution is 6.19. The number of carbonyl (C=O) groups excluding carboxylic acids is 2. The first-order valence-corrected chi connectivity index (χ1v) is 5.73. The molecule has 4 nitrogen and oxygen atoms in total. The molecule has 1 aromatic rings. The van der Waals surface area contributed by atoms with Crippen molar-refractivity contribution in [1.82, 2.24) is 0 Å². The summed E-state index contributed by atoms with van der Waals surface area (Å²) in [6.45, 7) is 4.83. The van der Waals surface area contributed by atoms with Crippen LogP contribution in [0.5, 0.6) is 5.75 Å². The summed E-state index contributed by atoms with van der Waals surface area (Å²) in [6.07, 6.45) is 2.91. The van der Waals surface area contributed by atoms with Gasteiger partial charge in [0, 0.05) is 5.56 Å². The zero-order valence-corrected chi connectivity index (χ0v) is 11.0. The summed E-state index contributed by atoms with van der Waals surface area (Å²) < 4.78 is 10.0. The number of ketones is 1. The maximum atomic E-state index is 11.7. The molecule has 100 valence electrons. The van der Waals surface area contributed by atoms with E-state index < -0.39 is 5.97 Å². The number of rotatable bonds is 6. The summed E-state index contributed by atoms with van der Waals surface area (Å²) in [4.78, 5) is 23.3. The Balaban J connectivity index is 3.11.